The lowest BCUT2D eigenvalue weighted by atomic mass is 10.1. The van der Waals surface area contributed by atoms with Crippen molar-refractivity contribution in [2.45, 2.75) is 13.8 Å². The number of carbonyl (C=O) groups is 1. The number of amides is 2. The molecule has 3 aromatic rings. The summed E-state index contributed by atoms with van der Waals surface area (Å²) in [6.45, 7) is 5.14. The highest BCUT2D eigenvalue weighted by Gasteiger charge is 2.17. The Hall–Kier alpha value is -2.61. The van der Waals surface area contributed by atoms with Gasteiger partial charge < -0.3 is 9.64 Å². The highest BCUT2D eigenvalue weighted by atomic mass is 32.1. The van der Waals surface area contributed by atoms with Crippen molar-refractivity contribution in [3.63, 3.8) is 0 Å². The fourth-order valence-electron chi connectivity index (χ4n) is 2.46. The third kappa shape index (κ3) is 2.92. The van der Waals surface area contributed by atoms with Gasteiger partial charge in [-0.1, -0.05) is 12.1 Å². The van der Waals surface area contributed by atoms with Crippen LogP contribution in [0, 0.1) is 0 Å². The van der Waals surface area contributed by atoms with Crippen molar-refractivity contribution in [1.29, 1.82) is 0 Å². The average molecular weight is 345 g/mol. The number of urea groups is 1. The molecule has 0 unspecified atom stereocenters. The number of benzene rings is 1. The molecule has 0 saturated heterocycles. The van der Waals surface area contributed by atoms with Crippen molar-refractivity contribution in [3.8, 4) is 17.0 Å². The number of carbonyl (C=O) groups excluding carboxylic acids is 1. The van der Waals surface area contributed by atoms with Crippen LogP contribution in [0.1, 0.15) is 13.8 Å². The first-order valence-electron chi connectivity index (χ1n) is 7.71. The van der Waals surface area contributed by atoms with Crippen LogP contribution >= 0.6 is 11.3 Å². The van der Waals surface area contributed by atoms with Crippen LogP contribution in [0.3, 0.4) is 0 Å². The Bertz CT molecular complexity index is 853. The minimum absolute atomic E-state index is 0.197. The minimum Gasteiger partial charge on any atom is -0.496 e. The Labute approximate surface area is 143 Å². The van der Waals surface area contributed by atoms with Gasteiger partial charge in [-0.3, -0.25) is 5.32 Å². The summed E-state index contributed by atoms with van der Waals surface area (Å²) in [5.74, 6) is 1.07. The van der Waals surface area contributed by atoms with Crippen LogP contribution in [0.2, 0.25) is 0 Å². The Morgan fingerprint density at radius 3 is 2.79 bits per heavy atom. The summed E-state index contributed by atoms with van der Waals surface area (Å²) in [4.78, 5) is 18.9. The number of thiazole rings is 1. The van der Waals surface area contributed by atoms with Gasteiger partial charge in [0.2, 0.25) is 4.96 Å². The van der Waals surface area contributed by atoms with Gasteiger partial charge in [-0.2, -0.15) is 4.98 Å². The molecule has 8 heteroatoms. The molecule has 1 aromatic carbocycles. The maximum absolute atomic E-state index is 12.1. The first-order valence-corrected chi connectivity index (χ1v) is 8.59. The average Bonchev–Trinajstić information content (AvgIpc) is 3.16. The number of nitrogens with zero attached hydrogens (tertiary/aromatic N) is 4. The van der Waals surface area contributed by atoms with Crippen molar-refractivity contribution >= 4 is 28.3 Å². The summed E-state index contributed by atoms with van der Waals surface area (Å²) in [5, 5.41) is 9.14. The van der Waals surface area contributed by atoms with Crippen LogP contribution in [0.5, 0.6) is 5.75 Å². The predicted octanol–water partition coefficient (Wildman–Crippen LogP) is 3.34. The van der Waals surface area contributed by atoms with Gasteiger partial charge in [-0.05, 0) is 26.0 Å². The molecule has 3 rings (SSSR count). The monoisotopic (exact) mass is 345 g/mol. The van der Waals surface area contributed by atoms with Crippen molar-refractivity contribution in [2.24, 2.45) is 0 Å². The van der Waals surface area contributed by atoms with Crippen molar-refractivity contribution in [1.82, 2.24) is 19.5 Å². The number of rotatable bonds is 5. The Morgan fingerprint density at radius 1 is 1.33 bits per heavy atom. The zero-order chi connectivity index (χ0) is 17.1. The number of hydrogen-bond acceptors (Lipinski definition) is 5. The van der Waals surface area contributed by atoms with Crippen LogP contribution in [0.15, 0.2) is 29.6 Å². The van der Waals surface area contributed by atoms with E-state index in [0.29, 0.717) is 24.0 Å². The number of para-hydroxylation sites is 1. The molecule has 0 bridgehead atoms. The first-order chi connectivity index (χ1) is 11.7. The molecule has 0 aliphatic rings. The number of ether oxygens (including phenoxy) is 1. The van der Waals surface area contributed by atoms with Gasteiger partial charge >= 0.3 is 6.03 Å². The second-order valence-electron chi connectivity index (χ2n) is 5.05. The maximum Gasteiger partial charge on any atom is 0.324 e. The largest absolute Gasteiger partial charge is 0.496 e. The lowest BCUT2D eigenvalue weighted by molar-refractivity contribution is 0.217. The summed E-state index contributed by atoms with van der Waals surface area (Å²) in [7, 11) is 1.64. The van der Waals surface area contributed by atoms with Crippen LogP contribution < -0.4 is 10.1 Å². The molecule has 0 fully saturated rings. The van der Waals surface area contributed by atoms with E-state index in [9.17, 15) is 4.79 Å². The number of fused-ring (bicyclic) bond motifs is 1. The summed E-state index contributed by atoms with van der Waals surface area (Å²) < 4.78 is 7.14. The van der Waals surface area contributed by atoms with Gasteiger partial charge in [-0.15, -0.1) is 16.4 Å². The molecular formula is C16H19N5O2S. The normalized spacial score (nSPS) is 10.8. The van der Waals surface area contributed by atoms with E-state index in [1.54, 1.807) is 16.5 Å². The van der Waals surface area contributed by atoms with Crippen LogP contribution in [-0.4, -0.2) is 45.7 Å². The molecule has 0 atom stereocenters. The van der Waals surface area contributed by atoms with Gasteiger partial charge in [0.1, 0.15) is 5.75 Å². The molecule has 0 spiro atoms. The topological polar surface area (TPSA) is 71.8 Å². The number of hydrogen-bond donors (Lipinski definition) is 1. The van der Waals surface area contributed by atoms with Crippen LogP contribution in [0.25, 0.3) is 16.2 Å². The second-order valence-corrected chi connectivity index (χ2v) is 5.89. The molecule has 0 saturated carbocycles. The lowest BCUT2D eigenvalue weighted by Gasteiger charge is -2.17. The van der Waals surface area contributed by atoms with E-state index in [0.717, 1.165) is 17.0 Å². The third-order valence-electron chi connectivity index (χ3n) is 3.73. The number of anilines is 1. The predicted molar refractivity (Wildman–Crippen MR) is 94.8 cm³/mol. The van der Waals surface area contributed by atoms with E-state index < -0.39 is 0 Å². The van der Waals surface area contributed by atoms with Crippen LogP contribution in [0.4, 0.5) is 10.7 Å². The molecule has 0 radical (unpaired) electrons. The summed E-state index contributed by atoms with van der Waals surface area (Å²) >= 11 is 1.46. The molecule has 126 valence electrons. The van der Waals surface area contributed by atoms with Gasteiger partial charge in [0, 0.05) is 24.0 Å². The van der Waals surface area contributed by atoms with E-state index in [2.05, 4.69) is 15.4 Å². The zero-order valence-corrected chi connectivity index (χ0v) is 14.6. The van der Waals surface area contributed by atoms with Crippen molar-refractivity contribution < 1.29 is 9.53 Å². The SMILES string of the molecule is CCN(CC)C(=O)Nc1nc2scc(-c3ccccc3OC)n2n1. The Balaban J connectivity index is 1.93. The number of methoxy groups -OCH3 is 1. The van der Waals surface area contributed by atoms with Gasteiger partial charge in [0.25, 0.3) is 5.95 Å². The molecule has 24 heavy (non-hydrogen) atoms. The van der Waals surface area contributed by atoms with Crippen LogP contribution in [-0.2, 0) is 0 Å². The molecule has 2 heterocycles. The zero-order valence-electron chi connectivity index (χ0n) is 13.8. The summed E-state index contributed by atoms with van der Waals surface area (Å²) in [6, 6.07) is 7.54. The van der Waals surface area contributed by atoms with Gasteiger partial charge in [0.05, 0.1) is 12.8 Å². The highest BCUT2D eigenvalue weighted by Crippen LogP contribution is 2.32. The molecular weight excluding hydrogens is 326 g/mol. The fraction of sp³-hybridized carbons (Fsp3) is 0.312. The summed E-state index contributed by atoms with van der Waals surface area (Å²) in [6.07, 6.45) is 0. The molecule has 7 nitrogen and oxygen atoms in total. The molecule has 0 aliphatic heterocycles. The molecule has 2 aromatic heterocycles. The van der Waals surface area contributed by atoms with E-state index >= 15 is 0 Å². The lowest BCUT2D eigenvalue weighted by Crippen LogP contribution is -2.34. The smallest absolute Gasteiger partial charge is 0.324 e. The summed E-state index contributed by atoms with van der Waals surface area (Å²) in [5.41, 5.74) is 1.81. The molecule has 2 amide bonds. The van der Waals surface area contributed by atoms with Crippen molar-refractivity contribution in [3.05, 3.63) is 29.6 Å². The number of aromatic nitrogens is 3. The highest BCUT2D eigenvalue weighted by molar-refractivity contribution is 7.15. The Kier molecular flexibility index (Phi) is 4.66. The third-order valence-corrected chi connectivity index (χ3v) is 4.55. The van der Waals surface area contributed by atoms with Gasteiger partial charge in [0.15, 0.2) is 0 Å². The van der Waals surface area contributed by atoms with E-state index in [-0.39, 0.29) is 6.03 Å². The maximum atomic E-state index is 12.1. The minimum atomic E-state index is -0.197. The first kappa shape index (κ1) is 16.3. The standard InChI is InChI=1S/C16H19N5O2S/c1-4-20(5-2)15(22)17-14-18-16-21(19-14)12(10-24-16)11-8-6-7-9-13(11)23-3/h6-10H,4-5H2,1-3H3,(H,17,19,22). The Morgan fingerprint density at radius 2 is 2.08 bits per heavy atom. The van der Waals surface area contributed by atoms with E-state index in [4.69, 9.17) is 4.74 Å². The van der Waals surface area contributed by atoms with E-state index in [1.807, 2.05) is 43.5 Å². The molecule has 0 aliphatic carbocycles. The van der Waals surface area contributed by atoms with E-state index in [1.165, 1.54) is 11.3 Å². The quantitative estimate of drug-likeness (QED) is 0.770. The fourth-order valence-corrected chi connectivity index (χ4v) is 3.28. The molecule has 1 N–H and O–H groups in total. The van der Waals surface area contributed by atoms with Crippen molar-refractivity contribution in [2.75, 3.05) is 25.5 Å². The number of nitrogens with one attached hydrogen (secondary N) is 1. The second kappa shape index (κ2) is 6.88. The van der Waals surface area contributed by atoms with Gasteiger partial charge in [-0.25, -0.2) is 9.31 Å².